The second-order valence-corrected chi connectivity index (χ2v) is 8.41. The number of hydrogen-bond acceptors (Lipinski definition) is 4. The standard InChI is InChI=1S/C22H31NO4/c1-13(2)23-21(25)27-12-22-11-26-20(17-8-6-7-9-18(17)24)19(16(22)5)14(3)10-15(22)4/h6-10,13,15-16,19-20,24H,11-12H2,1-5H3,(H,23,25)/t15-,16+,19-,20-,22+/m0/s1. The van der Waals surface area contributed by atoms with Crippen molar-refractivity contribution in [1.82, 2.24) is 5.32 Å². The number of carbonyl (C=O) groups excluding carboxylic acids is 1. The zero-order valence-corrected chi connectivity index (χ0v) is 16.9. The van der Waals surface area contributed by atoms with Crippen LogP contribution in [0.2, 0.25) is 0 Å². The van der Waals surface area contributed by atoms with Gasteiger partial charge in [0.2, 0.25) is 0 Å². The molecule has 1 aliphatic heterocycles. The predicted octanol–water partition coefficient (Wildman–Crippen LogP) is 4.43. The molecular weight excluding hydrogens is 342 g/mol. The Labute approximate surface area is 161 Å². The summed E-state index contributed by atoms with van der Waals surface area (Å²) in [6, 6.07) is 7.42. The van der Waals surface area contributed by atoms with Gasteiger partial charge in [-0.3, -0.25) is 0 Å². The number of rotatable bonds is 4. The summed E-state index contributed by atoms with van der Waals surface area (Å²) in [7, 11) is 0. The molecular formula is C22H31NO4. The SMILES string of the molecule is CC1=C[C@H](C)[C@]2(COC(=O)NC(C)C)CO[C@@H](c3ccccc3O)[C@@H]1[C@H]2C. The molecule has 0 radical (unpaired) electrons. The number of carbonyl (C=O) groups is 1. The number of benzene rings is 1. The lowest BCUT2D eigenvalue weighted by atomic mass is 9.56. The molecule has 27 heavy (non-hydrogen) atoms. The number of phenols is 1. The molecule has 1 amide bonds. The Morgan fingerprint density at radius 2 is 2.07 bits per heavy atom. The zero-order chi connectivity index (χ0) is 19.8. The third kappa shape index (κ3) is 3.57. The van der Waals surface area contributed by atoms with Crippen molar-refractivity contribution in [2.75, 3.05) is 13.2 Å². The van der Waals surface area contributed by atoms with Crippen molar-refractivity contribution in [2.24, 2.45) is 23.2 Å². The summed E-state index contributed by atoms with van der Waals surface area (Å²) in [6.45, 7) is 11.2. The van der Waals surface area contributed by atoms with E-state index < -0.39 is 0 Å². The smallest absolute Gasteiger partial charge is 0.407 e. The van der Waals surface area contributed by atoms with E-state index >= 15 is 0 Å². The first-order valence-corrected chi connectivity index (χ1v) is 9.77. The minimum absolute atomic E-state index is 0.0409. The number of amides is 1. The largest absolute Gasteiger partial charge is 0.508 e. The van der Waals surface area contributed by atoms with Crippen LogP contribution in [0.25, 0.3) is 0 Å². The number of fused-ring (bicyclic) bond motifs is 2. The molecule has 0 saturated carbocycles. The maximum Gasteiger partial charge on any atom is 0.407 e. The highest BCUT2D eigenvalue weighted by atomic mass is 16.6. The topological polar surface area (TPSA) is 67.8 Å². The Bertz CT molecular complexity index is 729. The lowest BCUT2D eigenvalue weighted by Gasteiger charge is -2.55. The number of ether oxygens (including phenoxy) is 2. The Balaban J connectivity index is 1.87. The highest BCUT2D eigenvalue weighted by Gasteiger charge is 2.54. The van der Waals surface area contributed by atoms with Crippen molar-refractivity contribution in [3.05, 3.63) is 41.5 Å². The highest BCUT2D eigenvalue weighted by molar-refractivity contribution is 5.67. The van der Waals surface area contributed by atoms with Crippen LogP contribution in [0.1, 0.15) is 46.3 Å². The number of nitrogens with one attached hydrogen (secondary N) is 1. The number of alkyl carbamates (subject to hydrolysis) is 1. The summed E-state index contributed by atoms with van der Waals surface area (Å²) in [5, 5.41) is 13.1. The molecule has 1 aromatic carbocycles. The van der Waals surface area contributed by atoms with Crippen LogP contribution in [0.15, 0.2) is 35.9 Å². The summed E-state index contributed by atoms with van der Waals surface area (Å²) >= 11 is 0. The summed E-state index contributed by atoms with van der Waals surface area (Å²) in [4.78, 5) is 12.0. The first kappa shape index (κ1) is 19.7. The lowest BCUT2D eigenvalue weighted by molar-refractivity contribution is -0.166. The molecule has 1 aliphatic carbocycles. The molecule has 2 bridgehead atoms. The Hall–Kier alpha value is -2.01. The van der Waals surface area contributed by atoms with Gasteiger partial charge < -0.3 is 19.9 Å². The predicted molar refractivity (Wildman–Crippen MR) is 104 cm³/mol. The number of aromatic hydroxyl groups is 1. The molecule has 5 nitrogen and oxygen atoms in total. The van der Waals surface area contributed by atoms with Gasteiger partial charge in [0, 0.05) is 22.9 Å². The molecule has 148 valence electrons. The zero-order valence-electron chi connectivity index (χ0n) is 16.9. The molecule has 1 fully saturated rings. The number of hydrogen-bond donors (Lipinski definition) is 2. The van der Waals surface area contributed by atoms with Gasteiger partial charge in [0.05, 0.1) is 12.7 Å². The summed E-state index contributed by atoms with van der Waals surface area (Å²) < 4.78 is 11.9. The van der Waals surface area contributed by atoms with Gasteiger partial charge in [0.1, 0.15) is 12.4 Å². The molecule has 1 aromatic rings. The van der Waals surface area contributed by atoms with Crippen LogP contribution in [0, 0.1) is 23.2 Å². The monoisotopic (exact) mass is 373 g/mol. The number of allylic oxidation sites excluding steroid dienone is 1. The lowest BCUT2D eigenvalue weighted by Crippen LogP contribution is -2.55. The molecule has 3 rings (SSSR count). The molecule has 1 heterocycles. The summed E-state index contributed by atoms with van der Waals surface area (Å²) in [5.74, 6) is 0.893. The molecule has 5 heteroatoms. The van der Waals surface area contributed by atoms with Gasteiger partial charge >= 0.3 is 6.09 Å². The second kappa shape index (κ2) is 7.55. The van der Waals surface area contributed by atoms with Gasteiger partial charge in [-0.05, 0) is 38.7 Å². The molecule has 1 saturated heterocycles. The molecule has 2 aliphatic rings. The van der Waals surface area contributed by atoms with Crippen molar-refractivity contribution in [1.29, 1.82) is 0 Å². The van der Waals surface area contributed by atoms with Crippen LogP contribution in [-0.2, 0) is 9.47 Å². The van der Waals surface area contributed by atoms with Crippen LogP contribution < -0.4 is 5.32 Å². The minimum Gasteiger partial charge on any atom is -0.508 e. The van der Waals surface area contributed by atoms with Gasteiger partial charge in [0.25, 0.3) is 0 Å². The fraction of sp³-hybridized carbons (Fsp3) is 0.591. The van der Waals surface area contributed by atoms with Gasteiger partial charge in [-0.1, -0.05) is 43.7 Å². The summed E-state index contributed by atoms with van der Waals surface area (Å²) in [6.07, 6.45) is 1.70. The van der Waals surface area contributed by atoms with Crippen LogP contribution in [0.3, 0.4) is 0 Å². The summed E-state index contributed by atoms with van der Waals surface area (Å²) in [5.41, 5.74) is 1.83. The quantitative estimate of drug-likeness (QED) is 0.766. The number of para-hydroxylation sites is 1. The Morgan fingerprint density at radius 3 is 2.74 bits per heavy atom. The van der Waals surface area contributed by atoms with E-state index in [1.807, 2.05) is 32.0 Å². The first-order chi connectivity index (χ1) is 12.8. The normalized spacial score (nSPS) is 32.7. The van der Waals surface area contributed by atoms with Gasteiger partial charge in [-0.15, -0.1) is 0 Å². The van der Waals surface area contributed by atoms with E-state index in [2.05, 4.69) is 32.2 Å². The van der Waals surface area contributed by atoms with Gasteiger partial charge in [-0.2, -0.15) is 0 Å². The average molecular weight is 373 g/mol. The van der Waals surface area contributed by atoms with Crippen molar-refractivity contribution in [2.45, 2.75) is 46.8 Å². The van der Waals surface area contributed by atoms with E-state index in [4.69, 9.17) is 9.47 Å². The van der Waals surface area contributed by atoms with Crippen molar-refractivity contribution in [3.63, 3.8) is 0 Å². The number of phenolic OH excluding ortho intramolecular Hbond substituents is 1. The molecule has 0 aromatic heterocycles. The second-order valence-electron chi connectivity index (χ2n) is 8.41. The maximum atomic E-state index is 12.0. The highest BCUT2D eigenvalue weighted by Crippen LogP contribution is 2.57. The van der Waals surface area contributed by atoms with E-state index in [9.17, 15) is 9.90 Å². The Morgan fingerprint density at radius 1 is 1.37 bits per heavy atom. The van der Waals surface area contributed by atoms with Crippen molar-refractivity contribution >= 4 is 6.09 Å². The van der Waals surface area contributed by atoms with Gasteiger partial charge in [-0.25, -0.2) is 4.79 Å². The first-order valence-electron chi connectivity index (χ1n) is 9.77. The third-order valence-electron chi connectivity index (χ3n) is 6.37. The maximum absolute atomic E-state index is 12.0. The van der Waals surface area contributed by atoms with E-state index in [0.717, 1.165) is 5.56 Å². The molecule has 0 spiro atoms. The molecule has 5 atom stereocenters. The Kier molecular flexibility index (Phi) is 5.52. The van der Waals surface area contributed by atoms with E-state index in [0.29, 0.717) is 13.2 Å². The third-order valence-corrected chi connectivity index (χ3v) is 6.37. The fourth-order valence-corrected chi connectivity index (χ4v) is 4.74. The van der Waals surface area contributed by atoms with Crippen molar-refractivity contribution < 1.29 is 19.4 Å². The van der Waals surface area contributed by atoms with E-state index in [1.165, 1.54) is 5.57 Å². The molecule has 0 unspecified atom stereocenters. The van der Waals surface area contributed by atoms with Gasteiger partial charge in [0.15, 0.2) is 0 Å². The molecule has 2 N–H and O–H groups in total. The fourth-order valence-electron chi connectivity index (χ4n) is 4.74. The van der Waals surface area contributed by atoms with Crippen LogP contribution >= 0.6 is 0 Å². The van der Waals surface area contributed by atoms with Crippen molar-refractivity contribution in [3.8, 4) is 5.75 Å². The average Bonchev–Trinajstić information content (AvgIpc) is 2.59. The van der Waals surface area contributed by atoms with Crippen LogP contribution in [-0.4, -0.2) is 30.5 Å². The minimum atomic E-state index is -0.385. The van der Waals surface area contributed by atoms with E-state index in [1.54, 1.807) is 6.07 Å². The van der Waals surface area contributed by atoms with E-state index in [-0.39, 0.29) is 47.2 Å². The van der Waals surface area contributed by atoms with Crippen LogP contribution in [0.5, 0.6) is 5.75 Å². The van der Waals surface area contributed by atoms with Crippen LogP contribution in [0.4, 0.5) is 4.79 Å².